The van der Waals surface area contributed by atoms with Crippen LogP contribution in [0.25, 0.3) is 21.9 Å². The molecular formula is C31H20O2S. The second-order valence-electron chi connectivity index (χ2n) is 9.18. The number of methoxy groups -OCH3 is 1. The summed E-state index contributed by atoms with van der Waals surface area (Å²) in [6, 6.07) is 37.1. The zero-order chi connectivity index (χ0) is 22.5. The lowest BCUT2D eigenvalue weighted by Crippen LogP contribution is -2.27. The topological polar surface area (TPSA) is 18.5 Å². The smallest absolute Gasteiger partial charge is 0.133 e. The third kappa shape index (κ3) is 2.02. The fraction of sp³-hybridized carbons (Fsp3) is 0.0968. The second-order valence-corrected chi connectivity index (χ2v) is 10.6. The lowest BCUT2D eigenvalue weighted by molar-refractivity contribution is 0.415. The zero-order valence-corrected chi connectivity index (χ0v) is 19.4. The van der Waals surface area contributed by atoms with Crippen LogP contribution in [0.4, 0.5) is 0 Å². The predicted molar refractivity (Wildman–Crippen MR) is 138 cm³/mol. The molecule has 5 aromatic carbocycles. The maximum atomic E-state index is 6.56. The van der Waals surface area contributed by atoms with E-state index in [2.05, 4.69) is 97.1 Å². The van der Waals surface area contributed by atoms with E-state index < -0.39 is 0 Å². The molecule has 34 heavy (non-hydrogen) atoms. The molecule has 2 aliphatic heterocycles. The number of fused-ring (bicyclic) bond motifs is 12. The molecule has 0 radical (unpaired) electrons. The van der Waals surface area contributed by atoms with Crippen molar-refractivity contribution in [2.45, 2.75) is 9.49 Å². The summed E-state index contributed by atoms with van der Waals surface area (Å²) in [5.41, 5.74) is 7.96. The molecule has 2 heterocycles. The van der Waals surface area contributed by atoms with Crippen LogP contribution in [0.1, 0.15) is 22.3 Å². The number of hydrogen-bond acceptors (Lipinski definition) is 3. The van der Waals surface area contributed by atoms with Crippen molar-refractivity contribution in [3.63, 3.8) is 0 Å². The Morgan fingerprint density at radius 1 is 0.647 bits per heavy atom. The number of rotatable bonds is 1. The van der Waals surface area contributed by atoms with Gasteiger partial charge in [-0.05, 0) is 57.3 Å². The van der Waals surface area contributed by atoms with Gasteiger partial charge in [0.15, 0.2) is 0 Å². The number of thioether (sulfide) groups is 1. The van der Waals surface area contributed by atoms with Gasteiger partial charge < -0.3 is 9.47 Å². The minimum absolute atomic E-state index is 0.202. The average molecular weight is 457 g/mol. The Morgan fingerprint density at radius 3 is 2.03 bits per heavy atom. The summed E-state index contributed by atoms with van der Waals surface area (Å²) in [5.74, 6) is 2.75. The highest BCUT2D eigenvalue weighted by Gasteiger charge is 2.77. The molecule has 0 saturated carbocycles. The maximum Gasteiger partial charge on any atom is 0.133 e. The molecule has 1 fully saturated rings. The summed E-state index contributed by atoms with van der Waals surface area (Å²) in [7, 11) is 1.73. The normalized spacial score (nSPS) is 19.8. The van der Waals surface area contributed by atoms with E-state index in [1.807, 2.05) is 17.8 Å². The summed E-state index contributed by atoms with van der Waals surface area (Å²) >= 11 is 2.05. The molecule has 1 atom stereocenters. The Kier molecular flexibility index (Phi) is 3.44. The summed E-state index contributed by atoms with van der Waals surface area (Å²) in [6.07, 6.45) is 0. The van der Waals surface area contributed by atoms with Crippen molar-refractivity contribution in [1.82, 2.24) is 0 Å². The Hall–Kier alpha value is -3.69. The van der Waals surface area contributed by atoms with Gasteiger partial charge in [0.1, 0.15) is 17.2 Å². The standard InChI is InChI=1S/C31H20O2S/c1-32-20-16-14-19-15-17-28-29(23(19)18-20)31(26-12-6-7-13-27(26)33-28)30(34-31)24-10-4-2-8-21(24)22-9-3-5-11-25(22)30/h2-18H,1H3. The minimum Gasteiger partial charge on any atom is -0.497 e. The van der Waals surface area contributed by atoms with E-state index >= 15 is 0 Å². The fourth-order valence-corrected chi connectivity index (χ4v) is 8.32. The van der Waals surface area contributed by atoms with Crippen LogP contribution in [0.15, 0.2) is 103 Å². The van der Waals surface area contributed by atoms with Crippen molar-refractivity contribution in [3.8, 4) is 28.4 Å². The van der Waals surface area contributed by atoms with Crippen LogP contribution in [0, 0.1) is 0 Å². The molecule has 3 heteroatoms. The van der Waals surface area contributed by atoms with Crippen molar-refractivity contribution >= 4 is 22.5 Å². The van der Waals surface area contributed by atoms with Crippen molar-refractivity contribution in [2.24, 2.45) is 0 Å². The van der Waals surface area contributed by atoms with Gasteiger partial charge in [0.2, 0.25) is 0 Å². The monoisotopic (exact) mass is 456 g/mol. The molecule has 1 aliphatic carbocycles. The molecule has 5 aromatic rings. The summed E-state index contributed by atoms with van der Waals surface area (Å²) in [5, 5.41) is 2.39. The van der Waals surface area contributed by atoms with E-state index in [1.54, 1.807) is 7.11 Å². The number of benzene rings is 5. The van der Waals surface area contributed by atoms with E-state index in [-0.39, 0.29) is 9.49 Å². The van der Waals surface area contributed by atoms with Gasteiger partial charge in [-0.1, -0.05) is 78.9 Å². The van der Waals surface area contributed by atoms with Gasteiger partial charge in [-0.3, -0.25) is 0 Å². The largest absolute Gasteiger partial charge is 0.497 e. The first-order valence-electron chi connectivity index (χ1n) is 11.6. The first-order valence-corrected chi connectivity index (χ1v) is 12.4. The van der Waals surface area contributed by atoms with Gasteiger partial charge in [0.05, 0.1) is 16.6 Å². The van der Waals surface area contributed by atoms with Gasteiger partial charge in [-0.15, -0.1) is 11.8 Å². The van der Waals surface area contributed by atoms with Crippen LogP contribution in [-0.4, -0.2) is 7.11 Å². The third-order valence-corrected chi connectivity index (χ3v) is 9.58. The van der Waals surface area contributed by atoms with Crippen LogP contribution >= 0.6 is 11.8 Å². The predicted octanol–water partition coefficient (Wildman–Crippen LogP) is 7.87. The van der Waals surface area contributed by atoms with Crippen LogP contribution < -0.4 is 9.47 Å². The Labute approximate surface area is 202 Å². The molecule has 0 amide bonds. The number of para-hydroxylation sites is 1. The van der Waals surface area contributed by atoms with Gasteiger partial charge in [0, 0.05) is 11.1 Å². The fourth-order valence-electron chi connectivity index (χ4n) is 6.31. The number of hydrogen-bond donors (Lipinski definition) is 0. The van der Waals surface area contributed by atoms with E-state index in [9.17, 15) is 0 Å². The highest BCUT2D eigenvalue weighted by Crippen LogP contribution is 2.86. The molecule has 0 N–H and O–H groups in total. The molecule has 2 spiro atoms. The van der Waals surface area contributed by atoms with Crippen LogP contribution in [-0.2, 0) is 9.49 Å². The first-order chi connectivity index (χ1) is 16.8. The number of ether oxygens (including phenoxy) is 2. The van der Waals surface area contributed by atoms with Crippen molar-refractivity contribution in [1.29, 1.82) is 0 Å². The van der Waals surface area contributed by atoms with Gasteiger partial charge in [-0.2, -0.15) is 0 Å². The lowest BCUT2D eigenvalue weighted by Gasteiger charge is -2.32. The van der Waals surface area contributed by atoms with E-state index in [0.29, 0.717) is 0 Å². The molecule has 3 aliphatic rings. The molecule has 0 bridgehead atoms. The summed E-state index contributed by atoms with van der Waals surface area (Å²) < 4.78 is 11.7. The second kappa shape index (κ2) is 6.25. The van der Waals surface area contributed by atoms with Crippen molar-refractivity contribution in [2.75, 3.05) is 7.11 Å². The van der Waals surface area contributed by atoms with Crippen molar-refractivity contribution in [3.05, 3.63) is 125 Å². The van der Waals surface area contributed by atoms with Crippen molar-refractivity contribution < 1.29 is 9.47 Å². The highest BCUT2D eigenvalue weighted by atomic mass is 32.2. The first kappa shape index (κ1) is 18.7. The third-order valence-electron chi connectivity index (χ3n) is 7.69. The maximum absolute atomic E-state index is 6.56. The quantitative estimate of drug-likeness (QED) is 0.239. The Bertz CT molecular complexity index is 1620. The average Bonchev–Trinajstić information content (AvgIpc) is 3.49. The molecule has 0 aromatic heterocycles. The molecule has 162 valence electrons. The summed E-state index contributed by atoms with van der Waals surface area (Å²) in [4.78, 5) is 0. The van der Waals surface area contributed by atoms with Crippen LogP contribution in [0.2, 0.25) is 0 Å². The van der Waals surface area contributed by atoms with E-state index in [1.165, 1.54) is 44.2 Å². The van der Waals surface area contributed by atoms with Gasteiger partial charge in [-0.25, -0.2) is 0 Å². The minimum atomic E-state index is -0.286. The van der Waals surface area contributed by atoms with Crippen LogP contribution in [0.5, 0.6) is 17.2 Å². The molecule has 8 rings (SSSR count). The Morgan fingerprint density at radius 2 is 1.29 bits per heavy atom. The van der Waals surface area contributed by atoms with E-state index in [0.717, 1.165) is 17.2 Å². The molecule has 2 nitrogen and oxygen atoms in total. The zero-order valence-electron chi connectivity index (χ0n) is 18.5. The lowest BCUT2D eigenvalue weighted by atomic mass is 9.73. The molecule has 1 unspecified atom stereocenters. The van der Waals surface area contributed by atoms with Gasteiger partial charge in [0.25, 0.3) is 0 Å². The van der Waals surface area contributed by atoms with Gasteiger partial charge >= 0.3 is 0 Å². The Balaban J connectivity index is 1.54. The SMILES string of the molecule is COc1ccc2ccc3c(c2c1)C1(SC12c1ccccc1-c1ccccc12)c1ccccc1O3. The molecule has 1 saturated heterocycles. The van der Waals surface area contributed by atoms with E-state index in [4.69, 9.17) is 9.47 Å². The summed E-state index contributed by atoms with van der Waals surface area (Å²) in [6.45, 7) is 0. The highest BCUT2D eigenvalue weighted by molar-refractivity contribution is 8.09. The van der Waals surface area contributed by atoms with Crippen LogP contribution in [0.3, 0.4) is 0 Å². The molecular weight excluding hydrogens is 436 g/mol.